The normalized spacial score (nSPS) is 35.4. The van der Waals surface area contributed by atoms with Crippen molar-refractivity contribution < 1.29 is 23.1 Å². The second-order valence-electron chi connectivity index (χ2n) is 3.14. The van der Waals surface area contributed by atoms with Crippen LogP contribution in [0.2, 0.25) is 0 Å². The fourth-order valence-corrected chi connectivity index (χ4v) is 3.65. The van der Waals surface area contributed by atoms with Gasteiger partial charge in [0.2, 0.25) is 5.91 Å². The van der Waals surface area contributed by atoms with Crippen LogP contribution in [0, 0.1) is 0 Å². The molecule has 0 radical (unpaired) electrons. The van der Waals surface area contributed by atoms with Crippen molar-refractivity contribution in [3.8, 4) is 0 Å². The van der Waals surface area contributed by atoms with Gasteiger partial charge in [-0.2, -0.15) is 0 Å². The largest absolute Gasteiger partial charge is 0.480 e. The third-order valence-electron chi connectivity index (χ3n) is 2.37. The summed E-state index contributed by atoms with van der Waals surface area (Å²) in [6.45, 7) is 0. The Morgan fingerprint density at radius 1 is 1.54 bits per heavy atom. The predicted octanol–water partition coefficient (Wildman–Crippen LogP) is -1.57. The van der Waals surface area contributed by atoms with E-state index in [2.05, 4.69) is 0 Å². The summed E-state index contributed by atoms with van der Waals surface area (Å²) in [7, 11) is -3.39. The molecule has 6 nitrogen and oxygen atoms in total. The van der Waals surface area contributed by atoms with Crippen LogP contribution in [0.3, 0.4) is 0 Å². The number of carbonyl (C=O) groups excluding carboxylic acids is 1. The van der Waals surface area contributed by atoms with Crippen molar-refractivity contribution in [2.45, 2.75) is 17.8 Å². The number of amides is 1. The highest BCUT2D eigenvalue weighted by molar-refractivity contribution is 7.92. The second-order valence-corrected chi connectivity index (χ2v) is 5.35. The molecule has 2 heterocycles. The van der Waals surface area contributed by atoms with Gasteiger partial charge in [-0.1, -0.05) is 0 Å². The van der Waals surface area contributed by atoms with Crippen molar-refractivity contribution in [1.29, 1.82) is 0 Å². The smallest absolute Gasteiger partial charge is 0.327 e. The SMILES string of the molecule is O=C(O)C1CS(=O)(=O)C2CC(=O)N12. The van der Waals surface area contributed by atoms with E-state index in [9.17, 15) is 18.0 Å². The van der Waals surface area contributed by atoms with Crippen molar-refractivity contribution >= 4 is 21.7 Å². The molecule has 0 aromatic carbocycles. The Morgan fingerprint density at radius 2 is 2.15 bits per heavy atom. The maximum atomic E-state index is 11.2. The first kappa shape index (κ1) is 8.49. The molecule has 1 amide bonds. The molecule has 2 atom stereocenters. The lowest BCUT2D eigenvalue weighted by atomic mass is 10.1. The molecule has 2 aliphatic rings. The molecule has 0 aromatic rings. The molecule has 0 spiro atoms. The van der Waals surface area contributed by atoms with Gasteiger partial charge < -0.3 is 10.0 Å². The molecular formula is C6H7NO5S. The van der Waals surface area contributed by atoms with E-state index in [1.165, 1.54) is 0 Å². The van der Waals surface area contributed by atoms with E-state index in [1.807, 2.05) is 0 Å². The molecule has 2 rings (SSSR count). The molecule has 7 heteroatoms. The van der Waals surface area contributed by atoms with E-state index in [1.54, 1.807) is 0 Å². The van der Waals surface area contributed by atoms with Crippen LogP contribution in [0.5, 0.6) is 0 Å². The quantitative estimate of drug-likeness (QED) is 0.522. The van der Waals surface area contributed by atoms with Crippen molar-refractivity contribution in [2.75, 3.05) is 5.75 Å². The van der Waals surface area contributed by atoms with Crippen molar-refractivity contribution in [1.82, 2.24) is 4.90 Å². The minimum atomic E-state index is -3.39. The van der Waals surface area contributed by atoms with Crippen LogP contribution in [-0.4, -0.2) is 47.5 Å². The first-order valence-corrected chi connectivity index (χ1v) is 5.40. The van der Waals surface area contributed by atoms with Crippen LogP contribution >= 0.6 is 0 Å². The van der Waals surface area contributed by atoms with E-state index in [-0.39, 0.29) is 6.42 Å². The van der Waals surface area contributed by atoms with Gasteiger partial charge >= 0.3 is 5.97 Å². The predicted molar refractivity (Wildman–Crippen MR) is 40.5 cm³/mol. The number of hydrogen-bond donors (Lipinski definition) is 1. The Labute approximate surface area is 74.1 Å². The van der Waals surface area contributed by atoms with Crippen molar-refractivity contribution in [2.24, 2.45) is 0 Å². The highest BCUT2D eigenvalue weighted by Gasteiger charge is 2.57. The fraction of sp³-hybridized carbons (Fsp3) is 0.667. The number of carbonyl (C=O) groups is 2. The van der Waals surface area contributed by atoms with Crippen molar-refractivity contribution in [3.05, 3.63) is 0 Å². The number of β-lactam (4-membered cyclic amide) rings is 1. The van der Waals surface area contributed by atoms with Crippen LogP contribution in [0.15, 0.2) is 0 Å². The van der Waals surface area contributed by atoms with Crippen LogP contribution in [0.1, 0.15) is 6.42 Å². The molecule has 13 heavy (non-hydrogen) atoms. The van der Waals surface area contributed by atoms with Gasteiger partial charge in [0.15, 0.2) is 9.84 Å². The first-order valence-electron chi connectivity index (χ1n) is 3.69. The Morgan fingerprint density at radius 3 is 2.54 bits per heavy atom. The number of aliphatic carboxylic acids is 1. The highest BCUT2D eigenvalue weighted by atomic mass is 32.2. The van der Waals surface area contributed by atoms with Crippen molar-refractivity contribution in [3.63, 3.8) is 0 Å². The molecular weight excluding hydrogens is 198 g/mol. The Bertz CT molecular complexity index is 378. The van der Waals surface area contributed by atoms with Gasteiger partial charge in [-0.25, -0.2) is 13.2 Å². The molecule has 1 N–H and O–H groups in total. The van der Waals surface area contributed by atoms with Gasteiger partial charge in [0.25, 0.3) is 0 Å². The fourth-order valence-electron chi connectivity index (χ4n) is 1.68. The van der Waals surface area contributed by atoms with Crippen LogP contribution in [0.25, 0.3) is 0 Å². The highest BCUT2D eigenvalue weighted by Crippen LogP contribution is 2.34. The average Bonchev–Trinajstić information content (AvgIpc) is 2.18. The third-order valence-corrected chi connectivity index (χ3v) is 4.38. The standard InChI is InChI=1S/C6H7NO5S/c8-4-1-5-7(4)3(6(9)10)2-13(5,11)12/h3,5H,1-2H2,(H,9,10). The van der Waals surface area contributed by atoms with Gasteiger partial charge in [0.05, 0.1) is 12.2 Å². The average molecular weight is 205 g/mol. The number of nitrogens with zero attached hydrogens (tertiary/aromatic N) is 1. The molecule has 2 saturated heterocycles. The maximum absolute atomic E-state index is 11.2. The number of hydrogen-bond acceptors (Lipinski definition) is 4. The molecule has 2 aliphatic heterocycles. The lowest BCUT2D eigenvalue weighted by molar-refractivity contribution is -0.155. The minimum absolute atomic E-state index is 0.0634. The molecule has 0 saturated carbocycles. The van der Waals surface area contributed by atoms with E-state index < -0.39 is 38.9 Å². The number of fused-ring (bicyclic) bond motifs is 1. The molecule has 0 aliphatic carbocycles. The third kappa shape index (κ3) is 0.963. The molecule has 0 bridgehead atoms. The van der Waals surface area contributed by atoms with Gasteiger partial charge in [-0.15, -0.1) is 0 Å². The zero-order valence-corrected chi connectivity index (χ0v) is 7.32. The zero-order chi connectivity index (χ0) is 9.80. The Kier molecular flexibility index (Phi) is 1.45. The van der Waals surface area contributed by atoms with Gasteiger partial charge in [-0.05, 0) is 0 Å². The number of sulfone groups is 1. The van der Waals surface area contributed by atoms with Gasteiger partial charge in [-0.3, -0.25) is 4.79 Å². The molecule has 2 fully saturated rings. The topological polar surface area (TPSA) is 91.7 Å². The van der Waals surface area contributed by atoms with Crippen LogP contribution < -0.4 is 0 Å². The number of carboxylic acid groups (broad SMARTS) is 1. The number of rotatable bonds is 1. The van der Waals surface area contributed by atoms with E-state index in [0.717, 1.165) is 4.90 Å². The molecule has 72 valence electrons. The summed E-state index contributed by atoms with van der Waals surface area (Å²) in [5.41, 5.74) is 0. The Balaban J connectivity index is 2.37. The summed E-state index contributed by atoms with van der Waals surface area (Å²) in [4.78, 5) is 22.4. The second kappa shape index (κ2) is 2.22. The van der Waals surface area contributed by atoms with Crippen LogP contribution in [-0.2, 0) is 19.4 Å². The summed E-state index contributed by atoms with van der Waals surface area (Å²) in [5.74, 6) is -2.09. The summed E-state index contributed by atoms with van der Waals surface area (Å²) >= 11 is 0. The van der Waals surface area contributed by atoms with Crippen LogP contribution in [0.4, 0.5) is 0 Å². The van der Waals surface area contributed by atoms with E-state index in [4.69, 9.17) is 5.11 Å². The zero-order valence-electron chi connectivity index (χ0n) is 6.50. The first-order chi connectivity index (χ1) is 5.93. The van der Waals surface area contributed by atoms with E-state index >= 15 is 0 Å². The Hall–Kier alpha value is -1.11. The molecule has 0 aromatic heterocycles. The van der Waals surface area contributed by atoms with Gasteiger partial charge in [0.1, 0.15) is 11.4 Å². The maximum Gasteiger partial charge on any atom is 0.327 e. The summed E-state index contributed by atoms with van der Waals surface area (Å²) in [6.07, 6.45) is -0.0634. The van der Waals surface area contributed by atoms with Gasteiger partial charge in [0, 0.05) is 0 Å². The molecule has 2 unspecified atom stereocenters. The minimum Gasteiger partial charge on any atom is -0.480 e. The monoisotopic (exact) mass is 205 g/mol. The van der Waals surface area contributed by atoms with E-state index in [0.29, 0.717) is 0 Å². The summed E-state index contributed by atoms with van der Waals surface area (Å²) in [5, 5.41) is 7.75. The lowest BCUT2D eigenvalue weighted by Crippen LogP contribution is -2.55. The summed E-state index contributed by atoms with van der Waals surface area (Å²) < 4.78 is 22.5. The lowest BCUT2D eigenvalue weighted by Gasteiger charge is -2.34. The number of carboxylic acids is 1. The summed E-state index contributed by atoms with van der Waals surface area (Å²) in [6, 6.07) is -1.17.